The van der Waals surface area contributed by atoms with Gasteiger partial charge in [-0.3, -0.25) is 9.13 Å². The number of hydrogen-bond donors (Lipinski definition) is 5. The lowest BCUT2D eigenvalue weighted by atomic mass is 9.84. The zero-order chi connectivity index (χ0) is 15.4. The second-order valence-corrected chi connectivity index (χ2v) is 9.60. The van der Waals surface area contributed by atoms with Gasteiger partial charge in [-0.1, -0.05) is 19.3 Å². The van der Waals surface area contributed by atoms with Gasteiger partial charge < -0.3 is 24.9 Å². The van der Waals surface area contributed by atoms with E-state index in [1.54, 1.807) is 0 Å². The lowest BCUT2D eigenvalue weighted by Crippen LogP contribution is -2.36. The van der Waals surface area contributed by atoms with Crippen molar-refractivity contribution in [2.45, 2.75) is 56.9 Å². The van der Waals surface area contributed by atoms with Crippen molar-refractivity contribution in [1.29, 1.82) is 0 Å². The molecule has 1 aliphatic carbocycles. The van der Waals surface area contributed by atoms with E-state index in [1.165, 1.54) is 19.3 Å². The molecule has 0 bridgehead atoms. The molecule has 120 valence electrons. The van der Waals surface area contributed by atoms with Crippen molar-refractivity contribution in [3.8, 4) is 0 Å². The van der Waals surface area contributed by atoms with Crippen LogP contribution in [0.5, 0.6) is 0 Å². The third-order valence-electron chi connectivity index (χ3n) is 4.00. The first-order chi connectivity index (χ1) is 9.12. The number of rotatable bonds is 7. The van der Waals surface area contributed by atoms with Crippen molar-refractivity contribution < 1.29 is 28.7 Å². The zero-order valence-corrected chi connectivity index (χ0v) is 13.5. The van der Waals surface area contributed by atoms with E-state index < -0.39 is 20.6 Å². The maximum Gasteiger partial charge on any atom is 0.340 e. The van der Waals surface area contributed by atoms with Gasteiger partial charge in [0.2, 0.25) is 0 Å². The first-order valence-electron chi connectivity index (χ1n) is 6.96. The minimum atomic E-state index is -4.79. The SMILES string of the molecule is CC(NCCC(P(=O)(O)O)P(=O)(O)O)C1CCCCC1. The summed E-state index contributed by atoms with van der Waals surface area (Å²) in [6, 6.07) is 0.199. The summed E-state index contributed by atoms with van der Waals surface area (Å²) in [6.07, 6.45) is 5.69. The standard InChI is InChI=1S/C11H25NO6P2/c1-9(10-5-3-2-4-6-10)12-8-7-11(19(13,14)15)20(16,17)18/h9-12H,2-8H2,1H3,(H2,13,14,15)(H2,16,17,18). The molecule has 1 fully saturated rings. The van der Waals surface area contributed by atoms with Gasteiger partial charge >= 0.3 is 15.2 Å². The molecule has 20 heavy (non-hydrogen) atoms. The smallest absolute Gasteiger partial charge is 0.324 e. The summed E-state index contributed by atoms with van der Waals surface area (Å²) in [4.78, 5) is 36.1. The highest BCUT2D eigenvalue weighted by atomic mass is 31.2. The van der Waals surface area contributed by atoms with Crippen LogP contribution in [0.15, 0.2) is 0 Å². The first kappa shape index (κ1) is 18.3. The Morgan fingerprint density at radius 2 is 1.55 bits per heavy atom. The molecule has 0 aromatic heterocycles. The molecule has 1 saturated carbocycles. The van der Waals surface area contributed by atoms with Gasteiger partial charge in [-0.05, 0) is 38.6 Å². The van der Waals surface area contributed by atoms with Crippen LogP contribution >= 0.6 is 15.2 Å². The van der Waals surface area contributed by atoms with Crippen LogP contribution in [0, 0.1) is 5.92 Å². The Hall–Kier alpha value is 0.260. The fourth-order valence-corrected chi connectivity index (χ4v) is 5.27. The van der Waals surface area contributed by atoms with Crippen molar-refractivity contribution in [3.05, 3.63) is 0 Å². The molecule has 1 rings (SSSR count). The molecule has 1 aliphatic rings. The Labute approximate surface area is 119 Å². The van der Waals surface area contributed by atoms with E-state index in [0.717, 1.165) is 12.8 Å². The predicted molar refractivity (Wildman–Crippen MR) is 76.5 cm³/mol. The van der Waals surface area contributed by atoms with Gasteiger partial charge in [0.25, 0.3) is 0 Å². The van der Waals surface area contributed by atoms with Crippen LogP contribution in [0.25, 0.3) is 0 Å². The maximum atomic E-state index is 11.1. The van der Waals surface area contributed by atoms with E-state index in [0.29, 0.717) is 5.92 Å². The maximum absolute atomic E-state index is 11.1. The van der Waals surface area contributed by atoms with Gasteiger partial charge in [0.15, 0.2) is 5.40 Å². The van der Waals surface area contributed by atoms with Crippen LogP contribution in [0.2, 0.25) is 0 Å². The van der Waals surface area contributed by atoms with Crippen LogP contribution in [-0.4, -0.2) is 37.6 Å². The molecule has 0 saturated heterocycles. The van der Waals surface area contributed by atoms with Gasteiger partial charge in [-0.15, -0.1) is 0 Å². The second-order valence-electron chi connectivity index (χ2n) is 5.59. The van der Waals surface area contributed by atoms with Crippen LogP contribution in [-0.2, 0) is 9.13 Å². The minimum Gasteiger partial charge on any atom is -0.324 e. The Morgan fingerprint density at radius 1 is 1.05 bits per heavy atom. The molecular formula is C11H25NO6P2. The third-order valence-corrected chi connectivity index (χ3v) is 7.88. The van der Waals surface area contributed by atoms with Crippen molar-refractivity contribution in [1.82, 2.24) is 5.32 Å². The zero-order valence-electron chi connectivity index (χ0n) is 11.7. The molecule has 1 atom stereocenters. The van der Waals surface area contributed by atoms with Gasteiger partial charge in [0.05, 0.1) is 0 Å². The lowest BCUT2D eigenvalue weighted by molar-refractivity contribution is 0.279. The van der Waals surface area contributed by atoms with Gasteiger partial charge in [-0.25, -0.2) is 0 Å². The van der Waals surface area contributed by atoms with E-state index in [-0.39, 0.29) is 19.0 Å². The summed E-state index contributed by atoms with van der Waals surface area (Å²) in [5.74, 6) is 0.535. The average Bonchev–Trinajstić information content (AvgIpc) is 2.32. The molecule has 7 nitrogen and oxygen atoms in total. The quantitative estimate of drug-likeness (QED) is 0.449. The molecule has 0 amide bonds. The highest BCUT2D eigenvalue weighted by Gasteiger charge is 2.42. The molecule has 0 aromatic carbocycles. The van der Waals surface area contributed by atoms with Crippen molar-refractivity contribution in [2.24, 2.45) is 5.92 Å². The van der Waals surface area contributed by atoms with E-state index in [4.69, 9.17) is 19.6 Å². The van der Waals surface area contributed by atoms with Crippen LogP contribution < -0.4 is 5.32 Å². The summed E-state index contributed by atoms with van der Waals surface area (Å²) in [7, 11) is -9.59. The summed E-state index contributed by atoms with van der Waals surface area (Å²) in [5, 5.41) is 1.24. The second kappa shape index (κ2) is 7.50. The van der Waals surface area contributed by atoms with E-state index >= 15 is 0 Å². The third kappa shape index (κ3) is 5.94. The van der Waals surface area contributed by atoms with Gasteiger partial charge in [-0.2, -0.15) is 0 Å². The molecule has 0 aliphatic heterocycles. The monoisotopic (exact) mass is 329 g/mol. The van der Waals surface area contributed by atoms with Crippen LogP contribution in [0.1, 0.15) is 45.4 Å². The molecule has 9 heteroatoms. The first-order valence-corrected chi connectivity index (χ1v) is 10.3. The molecule has 0 heterocycles. The topological polar surface area (TPSA) is 127 Å². The Kier molecular flexibility index (Phi) is 6.87. The van der Waals surface area contributed by atoms with Crippen molar-refractivity contribution in [3.63, 3.8) is 0 Å². The molecule has 0 aromatic rings. The Balaban J connectivity index is 2.44. The van der Waals surface area contributed by atoms with E-state index in [2.05, 4.69) is 5.32 Å². The number of hydrogen-bond acceptors (Lipinski definition) is 3. The van der Waals surface area contributed by atoms with Gasteiger partial charge in [0, 0.05) is 6.04 Å². The highest BCUT2D eigenvalue weighted by Crippen LogP contribution is 2.61. The highest BCUT2D eigenvalue weighted by molar-refractivity contribution is 7.70. The van der Waals surface area contributed by atoms with Crippen molar-refractivity contribution >= 4 is 15.2 Å². The Morgan fingerprint density at radius 3 is 2.00 bits per heavy atom. The van der Waals surface area contributed by atoms with E-state index in [1.807, 2.05) is 6.92 Å². The van der Waals surface area contributed by atoms with Gasteiger partial charge in [0.1, 0.15) is 0 Å². The van der Waals surface area contributed by atoms with Crippen molar-refractivity contribution in [2.75, 3.05) is 6.54 Å². The summed E-state index contributed by atoms with van der Waals surface area (Å²) < 4.78 is 22.3. The fraction of sp³-hybridized carbons (Fsp3) is 1.00. The molecule has 1 unspecified atom stereocenters. The molecule has 0 radical (unpaired) electrons. The van der Waals surface area contributed by atoms with Crippen LogP contribution in [0.4, 0.5) is 0 Å². The minimum absolute atomic E-state index is 0.193. The molecule has 5 N–H and O–H groups in total. The summed E-state index contributed by atoms with van der Waals surface area (Å²) in [5.41, 5.74) is 0. The normalized spacial score (nSPS) is 20.3. The molecular weight excluding hydrogens is 304 g/mol. The Bertz CT molecular complexity index is 364. The lowest BCUT2D eigenvalue weighted by Gasteiger charge is -2.29. The fourth-order valence-electron chi connectivity index (χ4n) is 2.77. The molecule has 0 spiro atoms. The van der Waals surface area contributed by atoms with E-state index in [9.17, 15) is 9.13 Å². The summed E-state index contributed by atoms with van der Waals surface area (Å²) >= 11 is 0. The number of nitrogens with one attached hydrogen (secondary N) is 1. The predicted octanol–water partition coefficient (Wildman–Crippen LogP) is 1.62. The van der Waals surface area contributed by atoms with Crippen LogP contribution in [0.3, 0.4) is 0 Å². The largest absolute Gasteiger partial charge is 0.340 e. The summed E-state index contributed by atoms with van der Waals surface area (Å²) in [6.45, 7) is 2.21. The average molecular weight is 329 g/mol.